The van der Waals surface area contributed by atoms with E-state index in [0.29, 0.717) is 0 Å². The summed E-state index contributed by atoms with van der Waals surface area (Å²) in [7, 11) is -22.1. The third-order valence-electron chi connectivity index (χ3n) is 3.26. The van der Waals surface area contributed by atoms with Crippen LogP contribution in [0.3, 0.4) is 0 Å². The van der Waals surface area contributed by atoms with Gasteiger partial charge in [0, 0.05) is 31.1 Å². The average molecular weight is 837 g/mol. The summed E-state index contributed by atoms with van der Waals surface area (Å²) in [5.41, 5.74) is -6.29. The van der Waals surface area contributed by atoms with Crippen molar-refractivity contribution in [1.29, 1.82) is 0 Å². The molecule has 0 heterocycles. The van der Waals surface area contributed by atoms with E-state index in [-0.39, 0.29) is 52.7 Å². The minimum Gasteiger partial charge on any atom is -0.809 e. The fourth-order valence-corrected chi connectivity index (χ4v) is 6.32. The summed E-state index contributed by atoms with van der Waals surface area (Å²) < 4.78 is 51.8. The molecule has 4 unspecified atom stereocenters. The largest absolute Gasteiger partial charge is 0.809 e. The van der Waals surface area contributed by atoms with E-state index in [1.165, 1.54) is 36.4 Å². The van der Waals surface area contributed by atoms with Crippen LogP contribution in [-0.2, 0) is 18.3 Å². The van der Waals surface area contributed by atoms with Crippen molar-refractivity contribution in [3.8, 4) is 11.5 Å². The Labute approximate surface area is 231 Å². The molecule has 0 radical (unpaired) electrons. The van der Waals surface area contributed by atoms with Gasteiger partial charge in [0.1, 0.15) is 11.5 Å². The Hall–Kier alpha value is 0.272. The summed E-state index contributed by atoms with van der Waals surface area (Å²) in [5.74, 6) is -0.750. The van der Waals surface area contributed by atoms with E-state index in [0.717, 1.165) is 12.1 Å². The van der Waals surface area contributed by atoms with Crippen LogP contribution in [0.2, 0.25) is 10.0 Å². The molecule has 0 aliphatic heterocycles. The third kappa shape index (κ3) is 11.3. The van der Waals surface area contributed by atoms with Gasteiger partial charge in [-0.2, -0.15) is 0 Å². The van der Waals surface area contributed by atoms with Crippen LogP contribution in [0.5, 0.6) is 11.5 Å². The van der Waals surface area contributed by atoms with E-state index in [4.69, 9.17) is 33.4 Å². The Bertz CT molecular complexity index is 1100. The minimum atomic E-state index is -5.72. The molecular formula is C14H12Cl2O14P4U-6. The fourth-order valence-electron chi connectivity index (χ4n) is 1.75. The van der Waals surface area contributed by atoms with Gasteiger partial charge in [-0.15, -0.1) is 0 Å². The van der Waals surface area contributed by atoms with Crippen LogP contribution in [0, 0.1) is 31.1 Å². The number of benzene rings is 2. The topological polar surface area (TPSA) is 266 Å². The standard InChI is InChI=1S/2C7H9ClO7P2.U/c2*8-5-3-1-2-4-6(5)15-17(13,14)7(9)16(10,11)12;/h2*1-4,7,9H,(H,13,14)(H2,10,11,12);/p-6. The molecule has 0 saturated heterocycles. The van der Waals surface area contributed by atoms with Gasteiger partial charge in [0.15, 0.2) is 11.2 Å². The van der Waals surface area contributed by atoms with Gasteiger partial charge in [0.25, 0.3) is 0 Å². The van der Waals surface area contributed by atoms with E-state index in [1.54, 1.807) is 0 Å². The second kappa shape index (κ2) is 13.9. The molecule has 2 aromatic carbocycles. The zero-order valence-electron chi connectivity index (χ0n) is 16.6. The Morgan fingerprint density at radius 3 is 1.11 bits per heavy atom. The van der Waals surface area contributed by atoms with E-state index in [9.17, 15) is 47.6 Å². The molecule has 21 heteroatoms. The first kappa shape index (κ1) is 35.3. The van der Waals surface area contributed by atoms with Gasteiger partial charge in [0.05, 0.1) is 10.0 Å². The number of aliphatic hydroxyl groups is 2. The molecule has 0 fully saturated rings. The first-order chi connectivity index (χ1) is 15.3. The summed E-state index contributed by atoms with van der Waals surface area (Å²) in [6.45, 7) is 0. The maximum absolute atomic E-state index is 11.2. The molecule has 2 rings (SSSR count). The Balaban J connectivity index is 0.000000642. The van der Waals surface area contributed by atoms with Crippen LogP contribution in [0.4, 0.5) is 0 Å². The number of aliphatic hydroxyl groups excluding tert-OH is 2. The molecule has 0 spiro atoms. The maximum Gasteiger partial charge on any atom is 0.217 e. The summed E-state index contributed by atoms with van der Waals surface area (Å²) in [6, 6.07) is 10.6. The zero-order chi connectivity index (χ0) is 26.5. The van der Waals surface area contributed by atoms with Crippen molar-refractivity contribution < 1.29 is 98.0 Å². The fraction of sp³-hybridized carbons (Fsp3) is 0.143. The molecule has 196 valence electrons. The molecule has 0 aliphatic rings. The predicted molar refractivity (Wildman–Crippen MR) is 107 cm³/mol. The second-order valence-corrected chi connectivity index (χ2v) is 14.2. The molecular weight excluding hydrogens is 825 g/mol. The van der Waals surface area contributed by atoms with Crippen molar-refractivity contribution >= 4 is 53.6 Å². The van der Waals surface area contributed by atoms with Crippen molar-refractivity contribution in [3.05, 3.63) is 58.6 Å². The van der Waals surface area contributed by atoms with E-state index in [1.807, 2.05) is 0 Å². The van der Waals surface area contributed by atoms with Crippen molar-refractivity contribution in [3.63, 3.8) is 0 Å². The third-order valence-corrected chi connectivity index (χ3v) is 10.4. The maximum atomic E-state index is 11.2. The summed E-state index contributed by atoms with van der Waals surface area (Å²) >= 11 is 11.1. The van der Waals surface area contributed by atoms with Gasteiger partial charge in [-0.1, -0.05) is 47.5 Å². The molecule has 35 heavy (non-hydrogen) atoms. The Morgan fingerprint density at radius 1 is 0.629 bits per heavy atom. The molecule has 0 aliphatic carbocycles. The number of para-hydroxylation sites is 2. The van der Waals surface area contributed by atoms with Crippen LogP contribution in [0.15, 0.2) is 48.5 Å². The van der Waals surface area contributed by atoms with Crippen molar-refractivity contribution in [2.75, 3.05) is 0 Å². The molecule has 0 amide bonds. The first-order valence-corrected chi connectivity index (χ1v) is 15.4. The van der Waals surface area contributed by atoms with Gasteiger partial charge in [-0.05, 0) is 39.5 Å². The van der Waals surface area contributed by atoms with Crippen LogP contribution >= 0.6 is 53.6 Å². The Morgan fingerprint density at radius 2 is 0.886 bits per heavy atom. The molecule has 0 bridgehead atoms. The summed E-state index contributed by atoms with van der Waals surface area (Å²) in [6.07, 6.45) is 0. The van der Waals surface area contributed by atoms with Gasteiger partial charge in [0.2, 0.25) is 15.2 Å². The van der Waals surface area contributed by atoms with E-state index >= 15 is 0 Å². The predicted octanol–water partition coefficient (Wildman–Crippen LogP) is -1.08. The number of rotatable bonds is 8. The molecule has 2 N–H and O–H groups in total. The second-order valence-electron chi connectivity index (χ2n) is 5.90. The summed E-state index contributed by atoms with van der Waals surface area (Å²) in [5, 5.41) is 17.4. The van der Waals surface area contributed by atoms with Crippen LogP contribution in [0.1, 0.15) is 0 Å². The van der Waals surface area contributed by atoms with Crippen LogP contribution < -0.4 is 38.4 Å². The SMILES string of the molecule is O=P([O-])([O-])C(O)P(=O)([O-])Oc1ccccc1Cl.O=P([O-])([O-])C(O)P(=O)([O-])Oc1ccccc1Cl.[U]. The molecule has 4 atom stereocenters. The zero-order valence-corrected chi connectivity index (χ0v) is 25.9. The molecule has 14 nitrogen and oxygen atoms in total. The van der Waals surface area contributed by atoms with Gasteiger partial charge < -0.3 is 57.8 Å². The van der Waals surface area contributed by atoms with Crippen molar-refractivity contribution in [2.45, 2.75) is 11.2 Å². The smallest absolute Gasteiger partial charge is 0.217 e. The van der Waals surface area contributed by atoms with Crippen molar-refractivity contribution in [1.82, 2.24) is 0 Å². The van der Waals surface area contributed by atoms with Crippen LogP contribution in [0.25, 0.3) is 0 Å². The van der Waals surface area contributed by atoms with E-state index < -0.39 is 41.6 Å². The molecule has 0 saturated carbocycles. The number of hydrogen-bond acceptors (Lipinski definition) is 14. The first-order valence-electron chi connectivity index (χ1n) is 8.18. The quantitative estimate of drug-likeness (QED) is 0.300. The van der Waals surface area contributed by atoms with Gasteiger partial charge >= 0.3 is 0 Å². The average Bonchev–Trinajstić information content (AvgIpc) is 2.69. The molecule has 2 aromatic rings. The van der Waals surface area contributed by atoms with Gasteiger partial charge in [-0.3, -0.25) is 9.13 Å². The molecule has 0 aromatic heterocycles. The van der Waals surface area contributed by atoms with Crippen LogP contribution in [-0.4, -0.2) is 21.4 Å². The Kier molecular flexibility index (Phi) is 14.0. The minimum absolute atomic E-state index is 0. The van der Waals surface area contributed by atoms with Gasteiger partial charge in [-0.25, -0.2) is 0 Å². The monoisotopic (exact) mass is 836 g/mol. The number of halogens is 2. The number of hydrogen-bond donors (Lipinski definition) is 2. The summed E-state index contributed by atoms with van der Waals surface area (Å²) in [4.78, 5) is 64.0. The normalized spacial score (nSPS) is 16.7. The van der Waals surface area contributed by atoms with E-state index in [2.05, 4.69) is 9.05 Å². The van der Waals surface area contributed by atoms with Crippen molar-refractivity contribution in [2.24, 2.45) is 0 Å².